The van der Waals surface area contributed by atoms with Crippen LogP contribution in [0.3, 0.4) is 0 Å². The molecule has 0 aliphatic rings. The minimum Gasteiger partial charge on any atom is -0.398 e. The summed E-state index contributed by atoms with van der Waals surface area (Å²) in [6.07, 6.45) is 0. The number of rotatable bonds is 0. The van der Waals surface area contributed by atoms with E-state index in [0.29, 0.717) is 0 Å². The molecule has 0 saturated carbocycles. The average Bonchev–Trinajstić information content (AvgIpc) is 2.44. The Hall–Kier alpha value is -2.13. The summed E-state index contributed by atoms with van der Waals surface area (Å²) < 4.78 is 20.2. The van der Waals surface area contributed by atoms with Crippen molar-refractivity contribution in [2.45, 2.75) is 0 Å². The Bertz CT molecular complexity index is 602. The maximum Gasteiger partial charge on any atom is 0.674 e. The van der Waals surface area contributed by atoms with Crippen molar-refractivity contribution in [3.05, 3.63) is 48.5 Å². The summed E-state index contributed by atoms with van der Waals surface area (Å²) in [6, 6.07) is 15.8. The van der Waals surface area contributed by atoms with Crippen molar-refractivity contribution in [3.8, 4) is 0 Å². The molecule has 0 aliphatic heterocycles. The second-order valence-corrected chi connectivity index (χ2v) is 3.82. The number of aromatic nitrogens is 2. The lowest BCUT2D eigenvalue weighted by Crippen LogP contribution is -1.98. The molecule has 22 heavy (non-hydrogen) atoms. The first-order valence-corrected chi connectivity index (χ1v) is 6.02. The van der Waals surface area contributed by atoms with Gasteiger partial charge in [0.15, 0.2) is 0 Å². The van der Waals surface area contributed by atoms with Crippen molar-refractivity contribution in [3.63, 3.8) is 0 Å². The summed E-state index contributed by atoms with van der Waals surface area (Å²) in [5.41, 5.74) is 3.80. The van der Waals surface area contributed by atoms with Gasteiger partial charge in [-0.1, -0.05) is 24.3 Å². The van der Waals surface area contributed by atoms with Crippen molar-refractivity contribution in [1.29, 1.82) is 0 Å². The lowest BCUT2D eigenvalue weighted by molar-refractivity contribution is 0.338. The van der Waals surface area contributed by atoms with Crippen LogP contribution in [0.25, 0.3) is 22.1 Å². The molecule has 0 aliphatic carbocycles. The zero-order valence-electron chi connectivity index (χ0n) is 11.2. The van der Waals surface area contributed by atoms with Crippen molar-refractivity contribution in [1.82, 2.24) is 9.97 Å². The number of fused-ring (bicyclic) bond motifs is 2. The number of nitrogens with zero attached hydrogens (tertiary/aromatic N) is 2. The van der Waals surface area contributed by atoms with Crippen LogP contribution in [0.4, 0.5) is 8.63 Å². The van der Waals surface area contributed by atoms with Gasteiger partial charge in [-0.2, -0.15) is 0 Å². The highest BCUT2D eigenvalue weighted by Crippen LogP contribution is 2.14. The molecule has 114 valence electrons. The second kappa shape index (κ2) is 9.00. The van der Waals surface area contributed by atoms with Gasteiger partial charge in [0.2, 0.25) is 0 Å². The first-order valence-electron chi connectivity index (χ1n) is 6.02. The van der Waals surface area contributed by atoms with Crippen LogP contribution in [-0.4, -0.2) is 44.9 Å². The minimum absolute atomic E-state index is 0.950. The monoisotopic (exact) mass is 308 g/mol. The fraction of sp³-hybridized carbons (Fsp3) is 0. The zero-order chi connectivity index (χ0) is 16.5. The average molecular weight is 308 g/mol. The van der Waals surface area contributed by atoms with E-state index in [2.05, 4.69) is 9.97 Å². The highest BCUT2D eigenvalue weighted by Gasteiger charge is 1.98. The summed E-state index contributed by atoms with van der Waals surface area (Å²) in [4.78, 5) is 9.03. The fourth-order valence-corrected chi connectivity index (χ4v) is 1.57. The Morgan fingerprint density at radius 2 is 0.773 bits per heavy atom. The molecule has 10 heteroatoms. The fourth-order valence-electron chi connectivity index (χ4n) is 1.57. The molecular weight excluding hydrogens is 296 g/mol. The Balaban J connectivity index is 0.000000257. The Morgan fingerprint density at radius 1 is 0.591 bits per heavy atom. The highest BCUT2D eigenvalue weighted by molar-refractivity contribution is 6.31. The number of para-hydroxylation sites is 4. The molecule has 2 aromatic carbocycles. The summed E-state index contributed by atoms with van der Waals surface area (Å²) in [7, 11) is -5.33. The molecule has 1 aromatic heterocycles. The molecule has 0 atom stereocenters. The van der Waals surface area contributed by atoms with Crippen LogP contribution in [0.15, 0.2) is 48.5 Å². The van der Waals surface area contributed by atoms with Gasteiger partial charge in [-0.25, -0.2) is 9.97 Å². The van der Waals surface area contributed by atoms with E-state index in [1.807, 2.05) is 48.5 Å². The van der Waals surface area contributed by atoms with Gasteiger partial charge >= 0.3 is 14.8 Å². The third-order valence-corrected chi connectivity index (χ3v) is 2.25. The van der Waals surface area contributed by atoms with Crippen LogP contribution < -0.4 is 0 Å². The van der Waals surface area contributed by atoms with Crippen LogP contribution in [0.2, 0.25) is 0 Å². The molecule has 0 spiro atoms. The van der Waals surface area contributed by atoms with E-state index in [9.17, 15) is 8.63 Å². The van der Waals surface area contributed by atoms with Gasteiger partial charge in [0, 0.05) is 0 Å². The molecule has 0 radical (unpaired) electrons. The lowest BCUT2D eigenvalue weighted by Gasteiger charge is -1.98. The summed E-state index contributed by atoms with van der Waals surface area (Å²) in [5, 5.41) is 27.8. The van der Waals surface area contributed by atoms with E-state index >= 15 is 0 Å². The summed E-state index contributed by atoms with van der Waals surface area (Å²) in [5.74, 6) is 0. The third-order valence-electron chi connectivity index (χ3n) is 2.25. The Labute approximate surface area is 125 Å². The van der Waals surface area contributed by atoms with E-state index < -0.39 is 14.8 Å². The first kappa shape index (κ1) is 17.9. The van der Waals surface area contributed by atoms with E-state index in [4.69, 9.17) is 20.1 Å². The van der Waals surface area contributed by atoms with Crippen LogP contribution in [-0.2, 0) is 0 Å². The third kappa shape index (κ3) is 6.55. The minimum atomic E-state index is -2.67. The smallest absolute Gasteiger partial charge is 0.398 e. The van der Waals surface area contributed by atoms with Gasteiger partial charge in [-0.05, 0) is 24.3 Å². The predicted octanol–water partition coefficient (Wildman–Crippen LogP) is 0.634. The Kier molecular flexibility index (Phi) is 7.33. The van der Waals surface area contributed by atoms with Crippen molar-refractivity contribution >= 4 is 36.9 Å². The van der Waals surface area contributed by atoms with E-state index in [1.165, 1.54) is 0 Å². The van der Waals surface area contributed by atoms with Gasteiger partial charge < -0.3 is 20.1 Å². The quantitative estimate of drug-likeness (QED) is 0.358. The van der Waals surface area contributed by atoms with Crippen LogP contribution >= 0.6 is 0 Å². The standard InChI is InChI=1S/C12H8N2.2BFH2O2/c1-2-6-10-9(5-1)13-11-7-3-4-8-12(11)14-10;2*2-1(3)4/h1-8H;2*3-4H. The second-order valence-electron chi connectivity index (χ2n) is 3.82. The molecule has 0 unspecified atom stereocenters. The molecule has 4 N–H and O–H groups in total. The number of hydrogen-bond donors (Lipinski definition) is 4. The topological polar surface area (TPSA) is 107 Å². The molecule has 3 aromatic rings. The van der Waals surface area contributed by atoms with Crippen LogP contribution in [0.5, 0.6) is 0 Å². The normalized spacial score (nSPS) is 9.36. The number of halogens is 2. The molecular formula is C12H12B2F2N2O4. The maximum absolute atomic E-state index is 10.1. The molecule has 0 bridgehead atoms. The van der Waals surface area contributed by atoms with Crippen LogP contribution in [0.1, 0.15) is 0 Å². The van der Waals surface area contributed by atoms with E-state index in [1.54, 1.807) is 0 Å². The van der Waals surface area contributed by atoms with Crippen molar-refractivity contribution < 1.29 is 28.7 Å². The first-order chi connectivity index (χ1) is 10.4. The SMILES string of the molecule is OB(O)F.OB(O)F.c1ccc2nc3ccccc3nc2c1. The van der Waals surface area contributed by atoms with E-state index in [0.717, 1.165) is 22.1 Å². The lowest BCUT2D eigenvalue weighted by atomic mass is 10.2. The van der Waals surface area contributed by atoms with E-state index in [-0.39, 0.29) is 0 Å². The van der Waals surface area contributed by atoms with Gasteiger partial charge in [-0.3, -0.25) is 8.63 Å². The molecule has 3 rings (SSSR count). The van der Waals surface area contributed by atoms with Gasteiger partial charge in [0.05, 0.1) is 22.1 Å². The van der Waals surface area contributed by atoms with Crippen LogP contribution in [0, 0.1) is 0 Å². The zero-order valence-corrected chi connectivity index (χ0v) is 11.2. The highest BCUT2D eigenvalue weighted by atomic mass is 19.1. The maximum atomic E-state index is 10.1. The molecule has 1 heterocycles. The predicted molar refractivity (Wildman–Crippen MR) is 79.6 cm³/mol. The Morgan fingerprint density at radius 3 is 0.955 bits per heavy atom. The number of benzene rings is 2. The summed E-state index contributed by atoms with van der Waals surface area (Å²) >= 11 is 0. The van der Waals surface area contributed by atoms with Crippen molar-refractivity contribution in [2.75, 3.05) is 0 Å². The molecule has 0 saturated heterocycles. The molecule has 6 nitrogen and oxygen atoms in total. The largest absolute Gasteiger partial charge is 0.674 e. The molecule has 0 amide bonds. The molecule has 0 fully saturated rings. The van der Waals surface area contributed by atoms with Gasteiger partial charge in [0.25, 0.3) is 0 Å². The van der Waals surface area contributed by atoms with Gasteiger partial charge in [0.1, 0.15) is 0 Å². The van der Waals surface area contributed by atoms with Gasteiger partial charge in [-0.15, -0.1) is 0 Å². The van der Waals surface area contributed by atoms with Crippen molar-refractivity contribution in [2.24, 2.45) is 0 Å². The number of hydrogen-bond acceptors (Lipinski definition) is 6. The summed E-state index contributed by atoms with van der Waals surface area (Å²) in [6.45, 7) is 0.